The lowest BCUT2D eigenvalue weighted by atomic mass is 10.0. The summed E-state index contributed by atoms with van der Waals surface area (Å²) in [7, 11) is -3.90. The molecule has 0 aromatic rings. The molecule has 41 heavy (non-hydrogen) atoms. The molecule has 0 heterocycles. The maximum atomic E-state index is 10.0. The van der Waals surface area contributed by atoms with Crippen molar-refractivity contribution in [1.29, 1.82) is 0 Å². The van der Waals surface area contributed by atoms with Gasteiger partial charge < -0.3 is 0 Å². The van der Waals surface area contributed by atoms with Gasteiger partial charge in [0.05, 0.1) is 0 Å². The lowest BCUT2D eigenvalue weighted by Gasteiger charge is -2.18. The van der Waals surface area contributed by atoms with E-state index < -0.39 is 13.6 Å². The second-order valence-electron chi connectivity index (χ2n) is 13.0. The minimum atomic E-state index is -3.90. The van der Waals surface area contributed by atoms with Crippen molar-refractivity contribution in [2.45, 2.75) is 225 Å². The predicted octanol–water partition coefficient (Wildman–Crippen LogP) is 13.0. The Labute approximate surface area is 264 Å². The van der Waals surface area contributed by atoms with Gasteiger partial charge in [0.2, 0.25) is 0 Å². The highest BCUT2D eigenvalue weighted by atomic mass is 32.1. The standard InChI is InChI=1S/C36H74O3PS/c1-3-5-7-9-11-13-15-17-19-21-23-25-27-29-31-33-35(40(37,38)39)36(41)34-32-30-28-26-24-22-20-18-16-14-12-10-8-6-4-2/h35,37-39H,3-34H2,1-2H3/q+1. The summed E-state index contributed by atoms with van der Waals surface area (Å²) < 4.78 is 0. The predicted molar refractivity (Wildman–Crippen MR) is 189 cm³/mol. The van der Waals surface area contributed by atoms with Gasteiger partial charge >= 0.3 is 7.94 Å². The van der Waals surface area contributed by atoms with Crippen LogP contribution in [0, 0.1) is 0 Å². The molecule has 0 aliphatic heterocycles. The van der Waals surface area contributed by atoms with E-state index in [1.807, 2.05) is 0 Å². The van der Waals surface area contributed by atoms with Crippen molar-refractivity contribution in [1.82, 2.24) is 0 Å². The minimum absolute atomic E-state index is 0.592. The van der Waals surface area contributed by atoms with E-state index in [1.54, 1.807) is 0 Å². The van der Waals surface area contributed by atoms with Gasteiger partial charge in [-0.3, -0.25) is 0 Å². The lowest BCUT2D eigenvalue weighted by molar-refractivity contribution is 0.321. The number of rotatable bonds is 34. The molecular formula is C36H74O3PS+. The molecule has 1 atom stereocenters. The fourth-order valence-corrected chi connectivity index (χ4v) is 7.80. The third-order valence-corrected chi connectivity index (χ3v) is 11.0. The van der Waals surface area contributed by atoms with Crippen LogP contribution in [0.1, 0.15) is 219 Å². The summed E-state index contributed by atoms with van der Waals surface area (Å²) >= 11 is 5.58. The molecule has 0 radical (unpaired) electrons. The Balaban J connectivity index is 3.65. The van der Waals surface area contributed by atoms with Crippen LogP contribution < -0.4 is 0 Å². The fourth-order valence-electron chi connectivity index (χ4n) is 6.07. The van der Waals surface area contributed by atoms with Gasteiger partial charge in [-0.15, -0.1) is 0 Å². The highest BCUT2D eigenvalue weighted by Gasteiger charge is 2.44. The Hall–Kier alpha value is 0.400. The van der Waals surface area contributed by atoms with Gasteiger partial charge in [0.15, 0.2) is 5.66 Å². The molecule has 0 spiro atoms. The lowest BCUT2D eigenvalue weighted by Crippen LogP contribution is -2.22. The van der Waals surface area contributed by atoms with E-state index in [0.717, 1.165) is 32.1 Å². The average molecular weight is 618 g/mol. The molecule has 3 nitrogen and oxygen atoms in total. The van der Waals surface area contributed by atoms with Crippen molar-refractivity contribution in [3.8, 4) is 0 Å². The third kappa shape index (κ3) is 30.2. The van der Waals surface area contributed by atoms with Crippen molar-refractivity contribution in [2.24, 2.45) is 0 Å². The Bertz CT molecular complexity index is 537. The van der Waals surface area contributed by atoms with Crippen molar-refractivity contribution in [3.63, 3.8) is 0 Å². The van der Waals surface area contributed by atoms with Crippen LogP contribution in [-0.4, -0.2) is 25.2 Å². The van der Waals surface area contributed by atoms with Crippen LogP contribution in [0.15, 0.2) is 0 Å². The summed E-state index contributed by atoms with van der Waals surface area (Å²) in [5, 5.41) is 0. The Morgan fingerprint density at radius 3 is 0.927 bits per heavy atom. The van der Waals surface area contributed by atoms with Crippen LogP contribution in [0.3, 0.4) is 0 Å². The molecule has 5 heteroatoms. The molecule has 0 bridgehead atoms. The molecule has 3 N–H and O–H groups in total. The molecule has 246 valence electrons. The molecule has 0 aliphatic rings. The van der Waals surface area contributed by atoms with Gasteiger partial charge in [-0.2, -0.15) is 14.7 Å². The van der Waals surface area contributed by atoms with Crippen LogP contribution >= 0.6 is 20.2 Å². The van der Waals surface area contributed by atoms with E-state index in [0.29, 0.717) is 11.3 Å². The smallest absolute Gasteiger partial charge is 0.192 e. The molecule has 0 aliphatic carbocycles. The monoisotopic (exact) mass is 618 g/mol. The van der Waals surface area contributed by atoms with E-state index in [4.69, 9.17) is 12.2 Å². The maximum absolute atomic E-state index is 10.0. The van der Waals surface area contributed by atoms with E-state index in [1.165, 1.54) is 167 Å². The summed E-state index contributed by atoms with van der Waals surface area (Å²) in [5.41, 5.74) is -0.592. The second kappa shape index (κ2) is 31.8. The summed E-state index contributed by atoms with van der Waals surface area (Å²) in [6.07, 6.45) is 41.1. The van der Waals surface area contributed by atoms with Gasteiger partial charge in [0.25, 0.3) is 0 Å². The molecule has 0 saturated carbocycles. The van der Waals surface area contributed by atoms with E-state index >= 15 is 0 Å². The molecule has 1 unspecified atom stereocenters. The fraction of sp³-hybridized carbons (Fsp3) is 0.972. The zero-order chi connectivity index (χ0) is 30.3. The first-order valence-corrected chi connectivity index (χ1v) is 20.7. The first kappa shape index (κ1) is 41.4. The average Bonchev–Trinajstić information content (AvgIpc) is 2.94. The van der Waals surface area contributed by atoms with Crippen LogP contribution in [0.5, 0.6) is 0 Å². The second-order valence-corrected chi connectivity index (χ2v) is 15.4. The van der Waals surface area contributed by atoms with Crippen LogP contribution in [0.4, 0.5) is 0 Å². The first-order chi connectivity index (χ1) is 19.9. The number of hydrogen-bond acceptors (Lipinski definition) is 4. The van der Waals surface area contributed by atoms with Crippen LogP contribution in [0.25, 0.3) is 0 Å². The van der Waals surface area contributed by atoms with Crippen molar-refractivity contribution >= 4 is 25.0 Å². The molecule has 0 aromatic heterocycles. The third-order valence-electron chi connectivity index (χ3n) is 8.90. The summed E-state index contributed by atoms with van der Waals surface area (Å²) in [6.45, 7) is 4.56. The van der Waals surface area contributed by atoms with Gasteiger partial charge in [0, 0.05) is 4.86 Å². The number of thiocarbonyl (C=S) groups is 1. The number of hydrogen-bond donors (Lipinski definition) is 3. The van der Waals surface area contributed by atoms with Gasteiger partial charge in [-0.05, 0) is 25.7 Å². The zero-order valence-corrected chi connectivity index (χ0v) is 29.6. The van der Waals surface area contributed by atoms with Crippen molar-refractivity contribution in [2.75, 3.05) is 0 Å². The summed E-state index contributed by atoms with van der Waals surface area (Å²) in [6, 6.07) is 0. The molecule has 0 amide bonds. The largest absolute Gasteiger partial charge is 0.412 e. The molecule has 0 rings (SSSR count). The highest BCUT2D eigenvalue weighted by molar-refractivity contribution is 7.82. The highest BCUT2D eigenvalue weighted by Crippen LogP contribution is 2.53. The quantitative estimate of drug-likeness (QED) is 0.0382. The van der Waals surface area contributed by atoms with E-state index in [9.17, 15) is 14.7 Å². The Kier molecular flexibility index (Phi) is 32.1. The summed E-state index contributed by atoms with van der Waals surface area (Å²) in [5.74, 6) is 0. The van der Waals surface area contributed by atoms with Crippen LogP contribution in [-0.2, 0) is 0 Å². The molecular weight excluding hydrogens is 543 g/mol. The van der Waals surface area contributed by atoms with Crippen LogP contribution in [0.2, 0.25) is 0 Å². The molecule has 0 fully saturated rings. The topological polar surface area (TPSA) is 60.7 Å². The van der Waals surface area contributed by atoms with Gasteiger partial charge in [0.1, 0.15) is 0 Å². The van der Waals surface area contributed by atoms with Gasteiger partial charge in [-0.25, -0.2) is 0 Å². The molecule has 0 saturated heterocycles. The first-order valence-electron chi connectivity index (χ1n) is 18.5. The number of unbranched alkanes of at least 4 members (excludes halogenated alkanes) is 28. The van der Waals surface area contributed by atoms with Crippen molar-refractivity contribution in [3.05, 3.63) is 0 Å². The summed E-state index contributed by atoms with van der Waals surface area (Å²) in [4.78, 5) is 30.8. The maximum Gasteiger partial charge on any atom is 0.412 e. The zero-order valence-electron chi connectivity index (χ0n) is 27.9. The van der Waals surface area contributed by atoms with E-state index in [-0.39, 0.29) is 0 Å². The van der Waals surface area contributed by atoms with Gasteiger partial charge in [-0.1, -0.05) is 206 Å². The Morgan fingerprint density at radius 1 is 0.415 bits per heavy atom. The Morgan fingerprint density at radius 2 is 0.659 bits per heavy atom. The SMILES string of the molecule is CCCCCCCCCCCCCCCCCC(=S)C(CCCCCCCCCCCCCCCCC)[P+](O)(O)O. The molecule has 0 aromatic carbocycles. The van der Waals surface area contributed by atoms with Crippen molar-refractivity contribution < 1.29 is 14.7 Å². The minimum Gasteiger partial charge on any atom is -0.192 e. The normalized spacial score (nSPS) is 12.7. The van der Waals surface area contributed by atoms with E-state index in [2.05, 4.69) is 13.8 Å².